The van der Waals surface area contributed by atoms with Gasteiger partial charge < -0.3 is 4.90 Å². The Morgan fingerprint density at radius 3 is 2.41 bits per heavy atom. The average Bonchev–Trinajstić information content (AvgIpc) is 3.01. The number of rotatable bonds is 2. The first kappa shape index (κ1) is 15.6. The highest BCUT2D eigenvalue weighted by Gasteiger charge is 2.28. The Hall–Kier alpha value is -1.27. The van der Waals surface area contributed by atoms with E-state index in [4.69, 9.17) is 11.6 Å². The van der Waals surface area contributed by atoms with Crippen molar-refractivity contribution in [2.75, 3.05) is 29.7 Å². The molecule has 120 valence electrons. The van der Waals surface area contributed by atoms with Crippen LogP contribution < -0.4 is 4.31 Å². The van der Waals surface area contributed by atoms with Gasteiger partial charge in [0.2, 0.25) is 10.0 Å². The van der Waals surface area contributed by atoms with Crippen molar-refractivity contribution in [3.63, 3.8) is 0 Å². The van der Waals surface area contributed by atoms with Gasteiger partial charge in [0.05, 0.1) is 22.0 Å². The van der Waals surface area contributed by atoms with Crippen LogP contribution in [0.3, 0.4) is 0 Å². The largest absolute Gasteiger partial charge is 0.339 e. The van der Waals surface area contributed by atoms with Crippen molar-refractivity contribution in [3.8, 4) is 0 Å². The number of carbonyl (C=O) groups excluding carboxylic acids is 1. The number of hydrogen-bond acceptors (Lipinski definition) is 3. The molecule has 0 radical (unpaired) electrons. The topological polar surface area (TPSA) is 57.7 Å². The van der Waals surface area contributed by atoms with E-state index in [0.717, 1.165) is 32.4 Å². The Labute approximate surface area is 135 Å². The minimum atomic E-state index is -3.29. The summed E-state index contributed by atoms with van der Waals surface area (Å²) in [5.41, 5.74) is 0.925. The smallest absolute Gasteiger partial charge is 0.255 e. The third-order valence-electron chi connectivity index (χ3n) is 4.21. The van der Waals surface area contributed by atoms with E-state index in [1.165, 1.54) is 4.31 Å². The third kappa shape index (κ3) is 2.94. The van der Waals surface area contributed by atoms with Crippen molar-refractivity contribution in [1.82, 2.24) is 4.90 Å². The van der Waals surface area contributed by atoms with Crippen LogP contribution in [0.1, 0.15) is 36.0 Å². The van der Waals surface area contributed by atoms with Crippen LogP contribution in [0.5, 0.6) is 0 Å². The molecule has 1 amide bonds. The molecule has 2 aliphatic rings. The Morgan fingerprint density at radius 1 is 1.05 bits per heavy atom. The molecule has 0 unspecified atom stereocenters. The molecular weight excluding hydrogens is 324 g/mol. The number of amides is 1. The molecule has 5 nitrogen and oxygen atoms in total. The lowest BCUT2D eigenvalue weighted by Gasteiger charge is -2.29. The summed E-state index contributed by atoms with van der Waals surface area (Å²) in [6.45, 7) is 1.93. The monoisotopic (exact) mass is 342 g/mol. The molecular formula is C15H19ClN2O3S. The van der Waals surface area contributed by atoms with Gasteiger partial charge in [-0.3, -0.25) is 9.10 Å². The second kappa shape index (κ2) is 6.08. The second-order valence-corrected chi connectivity index (χ2v) is 8.18. The van der Waals surface area contributed by atoms with Crippen LogP contribution in [0, 0.1) is 0 Å². The fraction of sp³-hybridized carbons (Fsp3) is 0.533. The van der Waals surface area contributed by atoms with E-state index in [0.29, 0.717) is 29.2 Å². The van der Waals surface area contributed by atoms with Crippen molar-refractivity contribution >= 4 is 33.2 Å². The maximum absolute atomic E-state index is 12.5. The highest BCUT2D eigenvalue weighted by atomic mass is 35.5. The van der Waals surface area contributed by atoms with Crippen LogP contribution in [0.2, 0.25) is 5.02 Å². The van der Waals surface area contributed by atoms with Gasteiger partial charge >= 0.3 is 0 Å². The Balaban J connectivity index is 1.94. The van der Waals surface area contributed by atoms with Gasteiger partial charge in [-0.25, -0.2) is 8.42 Å². The number of halogens is 1. The summed E-state index contributed by atoms with van der Waals surface area (Å²) in [4.78, 5) is 14.3. The molecule has 2 fully saturated rings. The number of sulfonamides is 1. The molecule has 1 aromatic carbocycles. The summed E-state index contributed by atoms with van der Waals surface area (Å²) < 4.78 is 25.8. The lowest BCUT2D eigenvalue weighted by atomic mass is 10.1. The van der Waals surface area contributed by atoms with Crippen LogP contribution in [0.4, 0.5) is 5.69 Å². The first-order valence-corrected chi connectivity index (χ1v) is 9.57. The zero-order valence-electron chi connectivity index (χ0n) is 12.3. The highest BCUT2D eigenvalue weighted by Crippen LogP contribution is 2.29. The van der Waals surface area contributed by atoms with Crippen LogP contribution in [-0.4, -0.2) is 44.6 Å². The Bertz CT molecular complexity index is 684. The van der Waals surface area contributed by atoms with Crippen molar-refractivity contribution in [2.24, 2.45) is 0 Å². The molecule has 0 aromatic heterocycles. The van der Waals surface area contributed by atoms with E-state index in [-0.39, 0.29) is 11.7 Å². The number of likely N-dealkylation sites (tertiary alicyclic amines) is 1. The van der Waals surface area contributed by atoms with Gasteiger partial charge in [-0.1, -0.05) is 11.6 Å². The normalized spacial score (nSPS) is 21.1. The molecule has 2 saturated heterocycles. The lowest BCUT2D eigenvalue weighted by molar-refractivity contribution is 0.0793. The summed E-state index contributed by atoms with van der Waals surface area (Å²) in [5, 5.41) is 0.370. The molecule has 2 heterocycles. The van der Waals surface area contributed by atoms with E-state index in [9.17, 15) is 13.2 Å². The zero-order chi connectivity index (χ0) is 15.7. The van der Waals surface area contributed by atoms with Gasteiger partial charge in [0.1, 0.15) is 0 Å². The van der Waals surface area contributed by atoms with E-state index < -0.39 is 10.0 Å². The number of nitrogens with zero attached hydrogens (tertiary/aromatic N) is 2. The van der Waals surface area contributed by atoms with Gasteiger partial charge in [-0.05, 0) is 43.9 Å². The SMILES string of the molecule is O=C(c1cc(N2CCCCS2(=O)=O)ccc1Cl)N1CCCC1. The van der Waals surface area contributed by atoms with E-state index in [1.807, 2.05) is 0 Å². The molecule has 1 aromatic rings. The summed E-state index contributed by atoms with van der Waals surface area (Å²) in [6.07, 6.45) is 3.52. The molecule has 0 atom stereocenters. The summed E-state index contributed by atoms with van der Waals surface area (Å²) in [5.74, 6) is 0.0455. The molecule has 0 saturated carbocycles. The van der Waals surface area contributed by atoms with Gasteiger partial charge in [-0.15, -0.1) is 0 Å². The van der Waals surface area contributed by atoms with Gasteiger partial charge in [0.25, 0.3) is 5.91 Å². The molecule has 0 aliphatic carbocycles. The van der Waals surface area contributed by atoms with Crippen LogP contribution in [0.25, 0.3) is 0 Å². The fourth-order valence-electron chi connectivity index (χ4n) is 3.00. The predicted molar refractivity (Wildman–Crippen MR) is 87.0 cm³/mol. The Morgan fingerprint density at radius 2 is 1.73 bits per heavy atom. The summed E-state index contributed by atoms with van der Waals surface area (Å²) in [6, 6.07) is 4.90. The van der Waals surface area contributed by atoms with E-state index in [1.54, 1.807) is 23.1 Å². The molecule has 7 heteroatoms. The van der Waals surface area contributed by atoms with E-state index in [2.05, 4.69) is 0 Å². The molecule has 0 spiro atoms. The fourth-order valence-corrected chi connectivity index (χ4v) is 4.83. The maximum Gasteiger partial charge on any atom is 0.255 e. The van der Waals surface area contributed by atoms with E-state index >= 15 is 0 Å². The molecule has 0 N–H and O–H groups in total. The number of benzene rings is 1. The predicted octanol–water partition coefficient (Wildman–Crippen LogP) is 2.51. The summed E-state index contributed by atoms with van der Waals surface area (Å²) >= 11 is 6.16. The number of hydrogen-bond donors (Lipinski definition) is 0. The lowest BCUT2D eigenvalue weighted by Crippen LogP contribution is -2.38. The average molecular weight is 343 g/mol. The standard InChI is InChI=1S/C15H19ClN2O3S/c16-14-6-5-12(18-9-3-4-10-22(18,20)21)11-13(14)15(19)17-7-1-2-8-17/h5-6,11H,1-4,7-10H2. The highest BCUT2D eigenvalue weighted by molar-refractivity contribution is 7.92. The van der Waals surface area contributed by atoms with Gasteiger partial charge in [0.15, 0.2) is 0 Å². The van der Waals surface area contributed by atoms with Crippen molar-refractivity contribution in [1.29, 1.82) is 0 Å². The zero-order valence-corrected chi connectivity index (χ0v) is 13.9. The quantitative estimate of drug-likeness (QED) is 0.829. The molecule has 22 heavy (non-hydrogen) atoms. The first-order valence-electron chi connectivity index (χ1n) is 7.58. The maximum atomic E-state index is 12.5. The van der Waals surface area contributed by atoms with Crippen molar-refractivity contribution < 1.29 is 13.2 Å². The first-order chi connectivity index (χ1) is 10.5. The van der Waals surface area contributed by atoms with Crippen LogP contribution in [-0.2, 0) is 10.0 Å². The molecule has 0 bridgehead atoms. The number of anilines is 1. The van der Waals surface area contributed by atoms with Crippen molar-refractivity contribution in [3.05, 3.63) is 28.8 Å². The van der Waals surface area contributed by atoms with Gasteiger partial charge in [0, 0.05) is 19.6 Å². The third-order valence-corrected chi connectivity index (χ3v) is 6.41. The minimum Gasteiger partial charge on any atom is -0.339 e. The number of carbonyl (C=O) groups is 1. The van der Waals surface area contributed by atoms with Crippen LogP contribution in [0.15, 0.2) is 18.2 Å². The molecule has 3 rings (SSSR count). The Kier molecular flexibility index (Phi) is 4.32. The van der Waals surface area contributed by atoms with Crippen molar-refractivity contribution in [2.45, 2.75) is 25.7 Å². The summed E-state index contributed by atoms with van der Waals surface area (Å²) in [7, 11) is -3.29. The second-order valence-electron chi connectivity index (χ2n) is 5.76. The molecule has 2 aliphatic heterocycles. The van der Waals surface area contributed by atoms with Crippen LogP contribution >= 0.6 is 11.6 Å². The van der Waals surface area contributed by atoms with Gasteiger partial charge in [-0.2, -0.15) is 0 Å². The minimum absolute atomic E-state index is 0.112.